The van der Waals surface area contributed by atoms with E-state index in [2.05, 4.69) is 5.32 Å². The zero-order valence-electron chi connectivity index (χ0n) is 12.1. The van der Waals surface area contributed by atoms with Crippen molar-refractivity contribution in [3.63, 3.8) is 0 Å². The van der Waals surface area contributed by atoms with Crippen LogP contribution in [0, 0.1) is 0 Å². The van der Waals surface area contributed by atoms with Crippen molar-refractivity contribution in [2.24, 2.45) is 0 Å². The number of phenols is 1. The van der Waals surface area contributed by atoms with Gasteiger partial charge in [0.15, 0.2) is 0 Å². The first kappa shape index (κ1) is 16.0. The summed E-state index contributed by atoms with van der Waals surface area (Å²) in [6.07, 6.45) is 0.871. The van der Waals surface area contributed by atoms with Gasteiger partial charge < -0.3 is 20.9 Å². The molecule has 2 aromatic carbocycles. The predicted octanol–water partition coefficient (Wildman–Crippen LogP) is 3.67. The summed E-state index contributed by atoms with van der Waals surface area (Å²) in [7, 11) is 0. The first-order valence-corrected chi connectivity index (χ1v) is 7.21. The zero-order valence-corrected chi connectivity index (χ0v) is 12.9. The Morgan fingerprint density at radius 3 is 2.77 bits per heavy atom. The van der Waals surface area contributed by atoms with E-state index >= 15 is 0 Å². The van der Waals surface area contributed by atoms with E-state index in [0.29, 0.717) is 28.6 Å². The molecule has 0 saturated heterocycles. The average Bonchev–Trinajstić information content (AvgIpc) is 2.49. The Balaban J connectivity index is 2.16. The summed E-state index contributed by atoms with van der Waals surface area (Å²) in [5.74, 6) is 0.0870. The second kappa shape index (κ2) is 7.04. The molecule has 2 rings (SSSR count). The molecule has 22 heavy (non-hydrogen) atoms. The highest BCUT2D eigenvalue weighted by atomic mass is 35.5. The van der Waals surface area contributed by atoms with Gasteiger partial charge in [-0.15, -0.1) is 0 Å². The Bertz CT molecular complexity index is 689. The molecule has 0 atom stereocenters. The van der Waals surface area contributed by atoms with Crippen molar-refractivity contribution in [2.75, 3.05) is 17.7 Å². The van der Waals surface area contributed by atoms with Gasteiger partial charge in [-0.25, -0.2) is 0 Å². The van der Waals surface area contributed by atoms with Crippen molar-refractivity contribution in [3.8, 4) is 11.5 Å². The number of ether oxygens (including phenoxy) is 1. The molecule has 5 nitrogen and oxygen atoms in total. The van der Waals surface area contributed by atoms with Crippen LogP contribution in [0.4, 0.5) is 11.4 Å². The molecule has 1 amide bonds. The maximum Gasteiger partial charge on any atom is 0.255 e. The smallest absolute Gasteiger partial charge is 0.255 e. The second-order valence-corrected chi connectivity index (χ2v) is 5.15. The van der Waals surface area contributed by atoms with Gasteiger partial charge in [-0.2, -0.15) is 0 Å². The van der Waals surface area contributed by atoms with Crippen LogP contribution >= 0.6 is 11.6 Å². The highest BCUT2D eigenvalue weighted by Gasteiger charge is 2.11. The van der Waals surface area contributed by atoms with Crippen LogP contribution in [0.1, 0.15) is 23.7 Å². The van der Waals surface area contributed by atoms with Crippen LogP contribution in [-0.2, 0) is 0 Å². The minimum Gasteiger partial charge on any atom is -0.506 e. The van der Waals surface area contributed by atoms with E-state index in [-0.39, 0.29) is 11.4 Å². The van der Waals surface area contributed by atoms with Crippen LogP contribution in [0.25, 0.3) is 0 Å². The number of nitrogens with two attached hydrogens (primary N) is 1. The Morgan fingerprint density at radius 2 is 2.09 bits per heavy atom. The van der Waals surface area contributed by atoms with Gasteiger partial charge in [0.1, 0.15) is 11.5 Å². The fourth-order valence-corrected chi connectivity index (χ4v) is 2.01. The molecule has 0 aliphatic carbocycles. The molecule has 2 aromatic rings. The van der Waals surface area contributed by atoms with Gasteiger partial charge in [-0.1, -0.05) is 18.5 Å². The Kier molecular flexibility index (Phi) is 5.12. The molecular formula is C16H17ClN2O3. The maximum atomic E-state index is 12.2. The largest absolute Gasteiger partial charge is 0.506 e. The monoisotopic (exact) mass is 320 g/mol. The lowest BCUT2D eigenvalue weighted by Crippen LogP contribution is -2.12. The van der Waals surface area contributed by atoms with E-state index in [1.807, 2.05) is 6.92 Å². The topological polar surface area (TPSA) is 84.6 Å². The standard InChI is InChI=1S/C16H17ClN2O3/c1-2-7-22-15-6-3-10(8-12(15)18)16(21)19-13-9-11(17)4-5-14(13)20/h3-6,8-9,20H,2,7,18H2,1H3,(H,19,21). The van der Waals surface area contributed by atoms with E-state index < -0.39 is 5.91 Å². The third-order valence-electron chi connectivity index (χ3n) is 2.94. The highest BCUT2D eigenvalue weighted by Crippen LogP contribution is 2.28. The Labute approximate surface area is 133 Å². The molecule has 0 spiro atoms. The molecule has 0 unspecified atom stereocenters. The quantitative estimate of drug-likeness (QED) is 0.579. The molecule has 0 aliphatic heterocycles. The molecular weight excluding hydrogens is 304 g/mol. The number of phenolic OH excluding ortho intramolecular Hbond substituents is 1. The lowest BCUT2D eigenvalue weighted by molar-refractivity contribution is 0.102. The number of benzene rings is 2. The summed E-state index contributed by atoms with van der Waals surface area (Å²) < 4.78 is 5.46. The van der Waals surface area contributed by atoms with Crippen LogP contribution in [0.15, 0.2) is 36.4 Å². The molecule has 0 fully saturated rings. The molecule has 0 bridgehead atoms. The van der Waals surface area contributed by atoms with Crippen molar-refractivity contribution in [3.05, 3.63) is 47.0 Å². The number of hydrogen-bond acceptors (Lipinski definition) is 4. The average molecular weight is 321 g/mol. The first-order chi connectivity index (χ1) is 10.5. The Morgan fingerprint density at radius 1 is 1.32 bits per heavy atom. The number of carbonyl (C=O) groups is 1. The van der Waals surface area contributed by atoms with Crippen LogP contribution < -0.4 is 15.8 Å². The number of nitrogen functional groups attached to an aromatic ring is 1. The number of hydrogen-bond donors (Lipinski definition) is 3. The maximum absolute atomic E-state index is 12.2. The molecule has 4 N–H and O–H groups in total. The fraction of sp³-hybridized carbons (Fsp3) is 0.188. The summed E-state index contributed by atoms with van der Waals surface area (Å²) in [6.45, 7) is 2.56. The van der Waals surface area contributed by atoms with Crippen molar-refractivity contribution < 1.29 is 14.6 Å². The summed E-state index contributed by atoms with van der Waals surface area (Å²) in [4.78, 5) is 12.2. The van der Waals surface area contributed by atoms with Gasteiger partial charge in [0.05, 0.1) is 18.0 Å². The molecule has 0 saturated carbocycles. The number of anilines is 2. The minimum atomic E-state index is -0.397. The van der Waals surface area contributed by atoms with Gasteiger partial charge in [-0.05, 0) is 42.8 Å². The summed E-state index contributed by atoms with van der Waals surface area (Å²) in [5, 5.41) is 12.7. The molecule has 0 aromatic heterocycles. The van der Waals surface area contributed by atoms with E-state index in [4.69, 9.17) is 22.1 Å². The SMILES string of the molecule is CCCOc1ccc(C(=O)Nc2cc(Cl)ccc2O)cc1N. The van der Waals surface area contributed by atoms with Crippen LogP contribution in [0.5, 0.6) is 11.5 Å². The number of amides is 1. The first-order valence-electron chi connectivity index (χ1n) is 6.83. The van der Waals surface area contributed by atoms with Crippen LogP contribution in [0.3, 0.4) is 0 Å². The predicted molar refractivity (Wildman–Crippen MR) is 87.7 cm³/mol. The van der Waals surface area contributed by atoms with Crippen molar-refractivity contribution in [2.45, 2.75) is 13.3 Å². The highest BCUT2D eigenvalue weighted by molar-refractivity contribution is 6.31. The van der Waals surface area contributed by atoms with E-state index in [1.165, 1.54) is 24.3 Å². The van der Waals surface area contributed by atoms with Gasteiger partial charge >= 0.3 is 0 Å². The van der Waals surface area contributed by atoms with Crippen molar-refractivity contribution >= 4 is 28.9 Å². The van der Waals surface area contributed by atoms with Gasteiger partial charge in [0.25, 0.3) is 5.91 Å². The molecule has 116 valence electrons. The van der Waals surface area contributed by atoms with Crippen LogP contribution in [-0.4, -0.2) is 17.6 Å². The normalized spacial score (nSPS) is 10.3. The lowest BCUT2D eigenvalue weighted by atomic mass is 10.1. The van der Waals surface area contributed by atoms with E-state index in [1.54, 1.807) is 12.1 Å². The third-order valence-corrected chi connectivity index (χ3v) is 3.18. The van der Waals surface area contributed by atoms with E-state index in [9.17, 15) is 9.90 Å². The van der Waals surface area contributed by atoms with Gasteiger partial charge in [0.2, 0.25) is 0 Å². The molecule has 0 radical (unpaired) electrons. The number of carbonyl (C=O) groups excluding carboxylic acids is 1. The summed E-state index contributed by atoms with van der Waals surface area (Å²) >= 11 is 5.84. The zero-order chi connectivity index (χ0) is 16.1. The summed E-state index contributed by atoms with van der Waals surface area (Å²) in [5.41, 5.74) is 6.86. The van der Waals surface area contributed by atoms with E-state index in [0.717, 1.165) is 6.42 Å². The summed E-state index contributed by atoms with van der Waals surface area (Å²) in [6, 6.07) is 9.20. The minimum absolute atomic E-state index is 0.0615. The van der Waals surface area contributed by atoms with Gasteiger partial charge in [-0.3, -0.25) is 4.79 Å². The van der Waals surface area contributed by atoms with Crippen molar-refractivity contribution in [1.29, 1.82) is 0 Å². The number of nitrogens with one attached hydrogen (secondary N) is 1. The lowest BCUT2D eigenvalue weighted by Gasteiger charge is -2.11. The van der Waals surface area contributed by atoms with Crippen molar-refractivity contribution in [1.82, 2.24) is 0 Å². The second-order valence-electron chi connectivity index (χ2n) is 4.72. The fourth-order valence-electron chi connectivity index (χ4n) is 1.84. The molecule has 0 aliphatic rings. The number of halogens is 1. The Hall–Kier alpha value is -2.40. The number of aromatic hydroxyl groups is 1. The van der Waals surface area contributed by atoms with Gasteiger partial charge in [0, 0.05) is 10.6 Å². The van der Waals surface area contributed by atoms with Crippen LogP contribution in [0.2, 0.25) is 5.02 Å². The molecule has 6 heteroatoms. The molecule has 0 heterocycles. The third kappa shape index (κ3) is 3.83. The number of rotatable bonds is 5.